The van der Waals surface area contributed by atoms with E-state index in [2.05, 4.69) is 38.0 Å². The van der Waals surface area contributed by atoms with Gasteiger partial charge in [-0.05, 0) is 51.2 Å². The van der Waals surface area contributed by atoms with Gasteiger partial charge in [-0.15, -0.1) is 0 Å². The molecule has 1 amide bonds. The monoisotopic (exact) mass is 289 g/mol. The molecule has 1 aromatic heterocycles. The fraction of sp³-hybridized carbons (Fsp3) is 0.647. The van der Waals surface area contributed by atoms with Crippen molar-refractivity contribution in [3.8, 4) is 0 Å². The van der Waals surface area contributed by atoms with Crippen LogP contribution in [-0.2, 0) is 0 Å². The van der Waals surface area contributed by atoms with E-state index in [1.54, 1.807) is 0 Å². The number of nitrogens with one attached hydrogen (secondary N) is 1. The number of hydrogen-bond donors (Lipinski definition) is 1. The zero-order chi connectivity index (χ0) is 15.4. The number of aromatic nitrogens is 1. The summed E-state index contributed by atoms with van der Waals surface area (Å²) < 4.78 is 0. The molecule has 0 radical (unpaired) electrons. The van der Waals surface area contributed by atoms with E-state index in [4.69, 9.17) is 0 Å². The van der Waals surface area contributed by atoms with Crippen LogP contribution in [0.1, 0.15) is 57.4 Å². The maximum atomic E-state index is 12.7. The zero-order valence-electron chi connectivity index (χ0n) is 13.6. The topological polar surface area (TPSA) is 45.2 Å². The number of pyridine rings is 1. The van der Waals surface area contributed by atoms with Gasteiger partial charge in [0.05, 0.1) is 0 Å². The quantitative estimate of drug-likeness (QED) is 0.835. The van der Waals surface area contributed by atoms with Crippen molar-refractivity contribution in [2.45, 2.75) is 59.0 Å². The first-order chi connectivity index (χ1) is 9.97. The summed E-state index contributed by atoms with van der Waals surface area (Å²) in [5, 5.41) is 3.25. The highest BCUT2D eigenvalue weighted by atomic mass is 16.2. The Hall–Kier alpha value is -1.58. The first-order valence-electron chi connectivity index (χ1n) is 8.02. The van der Waals surface area contributed by atoms with E-state index < -0.39 is 0 Å². The molecule has 0 aromatic carbocycles. The smallest absolute Gasteiger partial charge is 0.272 e. The molecule has 0 saturated heterocycles. The summed E-state index contributed by atoms with van der Waals surface area (Å²) in [5.41, 5.74) is 0.552. The van der Waals surface area contributed by atoms with Gasteiger partial charge in [-0.25, -0.2) is 4.98 Å². The van der Waals surface area contributed by atoms with Gasteiger partial charge in [0, 0.05) is 18.6 Å². The Bertz CT molecular complexity index is 481. The summed E-state index contributed by atoms with van der Waals surface area (Å²) in [7, 11) is 0. The highest BCUT2D eigenvalue weighted by molar-refractivity contribution is 5.93. The lowest BCUT2D eigenvalue weighted by molar-refractivity contribution is 0.0729. The predicted molar refractivity (Wildman–Crippen MR) is 86.5 cm³/mol. The minimum atomic E-state index is 0.0746. The van der Waals surface area contributed by atoms with E-state index >= 15 is 0 Å². The van der Waals surface area contributed by atoms with Crippen molar-refractivity contribution in [1.29, 1.82) is 0 Å². The third-order valence-corrected chi connectivity index (χ3v) is 3.60. The molecule has 0 bridgehead atoms. The van der Waals surface area contributed by atoms with E-state index in [0.717, 1.165) is 31.6 Å². The highest BCUT2D eigenvalue weighted by Crippen LogP contribution is 2.28. The van der Waals surface area contributed by atoms with Crippen LogP contribution >= 0.6 is 0 Å². The predicted octanol–water partition coefficient (Wildman–Crippen LogP) is 3.55. The molecule has 4 heteroatoms. The molecule has 1 aliphatic carbocycles. The molecule has 0 atom stereocenters. The lowest BCUT2D eigenvalue weighted by Gasteiger charge is -2.23. The second kappa shape index (κ2) is 6.92. The van der Waals surface area contributed by atoms with Crippen molar-refractivity contribution in [3.05, 3.63) is 23.9 Å². The van der Waals surface area contributed by atoms with Crippen LogP contribution in [0.25, 0.3) is 0 Å². The average Bonchev–Trinajstić information content (AvgIpc) is 3.22. The van der Waals surface area contributed by atoms with Crippen LogP contribution in [0.4, 0.5) is 5.82 Å². The minimum Gasteiger partial charge on any atom is -0.368 e. The van der Waals surface area contributed by atoms with E-state index in [-0.39, 0.29) is 5.91 Å². The number of rotatable bonds is 7. The third-order valence-electron chi connectivity index (χ3n) is 3.60. The molecule has 116 valence electrons. The zero-order valence-corrected chi connectivity index (χ0v) is 13.6. The Kier molecular flexibility index (Phi) is 5.21. The standard InChI is InChI=1S/C17H27N3O/c1-12(2)10-11-20(14-8-9-14)17(21)15-6-5-7-16(19-15)18-13(3)4/h5-7,12-14H,8-11H2,1-4H3,(H,18,19). The van der Waals surface area contributed by atoms with Crippen LogP contribution in [0.3, 0.4) is 0 Å². The molecular formula is C17H27N3O. The molecule has 1 aromatic rings. The van der Waals surface area contributed by atoms with Gasteiger partial charge in [0.25, 0.3) is 5.91 Å². The van der Waals surface area contributed by atoms with Gasteiger partial charge in [0.2, 0.25) is 0 Å². The Morgan fingerprint density at radius 2 is 2.05 bits per heavy atom. The van der Waals surface area contributed by atoms with Crippen LogP contribution < -0.4 is 5.32 Å². The number of carbonyl (C=O) groups excluding carboxylic acids is 1. The van der Waals surface area contributed by atoms with E-state index in [1.165, 1.54) is 0 Å². The number of hydrogen-bond acceptors (Lipinski definition) is 3. The van der Waals surface area contributed by atoms with Crippen molar-refractivity contribution in [2.24, 2.45) is 5.92 Å². The number of nitrogens with zero attached hydrogens (tertiary/aromatic N) is 2. The summed E-state index contributed by atoms with van der Waals surface area (Å²) in [6, 6.07) is 6.37. The molecule has 21 heavy (non-hydrogen) atoms. The fourth-order valence-electron chi connectivity index (χ4n) is 2.31. The van der Waals surface area contributed by atoms with Crippen LogP contribution in [0.5, 0.6) is 0 Å². The molecule has 1 fully saturated rings. The maximum absolute atomic E-state index is 12.7. The van der Waals surface area contributed by atoms with E-state index in [0.29, 0.717) is 23.7 Å². The molecule has 0 spiro atoms. The van der Waals surface area contributed by atoms with Gasteiger partial charge in [-0.2, -0.15) is 0 Å². The summed E-state index contributed by atoms with van der Waals surface area (Å²) in [5.74, 6) is 1.46. The van der Waals surface area contributed by atoms with Crippen LogP contribution in [-0.4, -0.2) is 34.4 Å². The van der Waals surface area contributed by atoms with Crippen molar-refractivity contribution in [1.82, 2.24) is 9.88 Å². The van der Waals surface area contributed by atoms with Crippen molar-refractivity contribution in [2.75, 3.05) is 11.9 Å². The largest absolute Gasteiger partial charge is 0.368 e. The summed E-state index contributed by atoms with van der Waals surface area (Å²) in [6.45, 7) is 9.36. The van der Waals surface area contributed by atoms with Crippen LogP contribution in [0.15, 0.2) is 18.2 Å². The van der Waals surface area contributed by atoms with E-state index in [1.807, 2.05) is 23.1 Å². The molecular weight excluding hydrogens is 262 g/mol. The lowest BCUT2D eigenvalue weighted by Crippen LogP contribution is -2.35. The average molecular weight is 289 g/mol. The Balaban J connectivity index is 2.09. The highest BCUT2D eigenvalue weighted by Gasteiger charge is 2.33. The minimum absolute atomic E-state index is 0.0746. The van der Waals surface area contributed by atoms with Crippen LogP contribution in [0, 0.1) is 5.92 Å². The summed E-state index contributed by atoms with van der Waals surface area (Å²) in [6.07, 6.45) is 3.31. The SMILES string of the molecule is CC(C)CCN(C(=O)c1cccc(NC(C)C)n1)C1CC1. The Morgan fingerprint density at radius 3 is 2.62 bits per heavy atom. The number of carbonyl (C=O) groups is 1. The molecule has 0 unspecified atom stereocenters. The first kappa shape index (κ1) is 15.8. The molecule has 1 heterocycles. The number of amides is 1. The van der Waals surface area contributed by atoms with Gasteiger partial charge in [-0.3, -0.25) is 4.79 Å². The van der Waals surface area contributed by atoms with Gasteiger partial charge in [-0.1, -0.05) is 19.9 Å². The molecule has 2 rings (SSSR count). The molecule has 4 nitrogen and oxygen atoms in total. The summed E-state index contributed by atoms with van der Waals surface area (Å²) in [4.78, 5) is 19.2. The third kappa shape index (κ3) is 4.73. The molecule has 1 N–H and O–H groups in total. The molecule has 0 aliphatic heterocycles. The summed E-state index contributed by atoms with van der Waals surface area (Å²) >= 11 is 0. The Labute approximate surface area is 127 Å². The normalized spacial score (nSPS) is 14.6. The van der Waals surface area contributed by atoms with Crippen molar-refractivity contribution in [3.63, 3.8) is 0 Å². The van der Waals surface area contributed by atoms with E-state index in [9.17, 15) is 4.79 Å². The Morgan fingerprint density at radius 1 is 1.33 bits per heavy atom. The molecule has 1 saturated carbocycles. The first-order valence-corrected chi connectivity index (χ1v) is 8.02. The van der Waals surface area contributed by atoms with Gasteiger partial charge in [0.15, 0.2) is 0 Å². The van der Waals surface area contributed by atoms with Crippen LogP contribution in [0.2, 0.25) is 0 Å². The van der Waals surface area contributed by atoms with Gasteiger partial charge >= 0.3 is 0 Å². The lowest BCUT2D eigenvalue weighted by atomic mass is 10.1. The van der Waals surface area contributed by atoms with Crippen molar-refractivity contribution < 1.29 is 4.79 Å². The second-order valence-electron chi connectivity index (χ2n) is 6.62. The fourth-order valence-corrected chi connectivity index (χ4v) is 2.31. The number of anilines is 1. The maximum Gasteiger partial charge on any atom is 0.272 e. The van der Waals surface area contributed by atoms with Crippen molar-refractivity contribution >= 4 is 11.7 Å². The second-order valence-corrected chi connectivity index (χ2v) is 6.62. The van der Waals surface area contributed by atoms with Gasteiger partial charge in [0.1, 0.15) is 11.5 Å². The van der Waals surface area contributed by atoms with Gasteiger partial charge < -0.3 is 10.2 Å². The molecule has 1 aliphatic rings.